The fourth-order valence-electron chi connectivity index (χ4n) is 19.0. The Kier molecular flexibility index (Phi) is 46.9. The molecule has 9 amide bonds. The molecule has 0 aromatic heterocycles. The average molecular weight is 1980 g/mol. The molecule has 10 aliphatic rings. The molecule has 10 rings (SSSR count). The summed E-state index contributed by atoms with van der Waals surface area (Å²) in [6.45, 7) is 108. The Morgan fingerprint density at radius 2 is 0.543 bits per heavy atom. The summed E-state index contributed by atoms with van der Waals surface area (Å²) in [7, 11) is 0. The fourth-order valence-corrected chi connectivity index (χ4v) is 19.0. The molecule has 3 unspecified atom stereocenters. The lowest BCUT2D eigenvalue weighted by Crippen LogP contribution is -2.61. The molecule has 10 aliphatic heterocycles. The number of nitrogens with zero attached hydrogens (tertiary/aromatic N) is 10. The lowest BCUT2D eigenvalue weighted by molar-refractivity contribution is -0.152. The first-order valence-corrected chi connectivity index (χ1v) is 53.6. The van der Waals surface area contributed by atoms with Crippen LogP contribution in [0.3, 0.4) is 0 Å². The van der Waals surface area contributed by atoms with Crippen molar-refractivity contribution >= 4 is 53.2 Å². The van der Waals surface area contributed by atoms with Crippen LogP contribution in [0.25, 0.3) is 0 Å². The van der Waals surface area contributed by atoms with Gasteiger partial charge >= 0.3 is 0 Å². The van der Waals surface area contributed by atoms with Crippen LogP contribution in [0.4, 0.5) is 0 Å². The largest absolute Gasteiger partial charge is 0.366 e. The number of carbonyl (C=O) groups excluding carboxylic acids is 9. The van der Waals surface area contributed by atoms with Crippen molar-refractivity contribution in [3.63, 3.8) is 0 Å². The Morgan fingerprint density at radius 1 is 0.257 bits per heavy atom. The van der Waals surface area contributed by atoms with Crippen molar-refractivity contribution in [1.82, 2.24) is 64.9 Å². The summed E-state index contributed by atoms with van der Waals surface area (Å²) in [5, 5.41) is 9.15. The minimum Gasteiger partial charge on any atom is -0.366 e. The third-order valence-electron chi connectivity index (χ3n) is 27.8. The zero-order valence-corrected chi connectivity index (χ0v) is 97.6. The molecule has 3 atom stereocenters. The predicted octanol–water partition coefficient (Wildman–Crippen LogP) is 16.8. The van der Waals surface area contributed by atoms with Crippen molar-refractivity contribution in [3.8, 4) is 0 Å². The van der Waals surface area contributed by atoms with Gasteiger partial charge < -0.3 is 73.8 Å². The standard InChI is InChI=1S/2C17H32N2O3.C17H32N2O2.2C16H30N2O2.C15H30N2O2.C14H27NO/c1-16(2,3)11-15(21)19-9-7-13(8-10-19)18-14(20)12-22-17(4,5)6;1-16(2,3)11-14(20)18-13-7-9-19(10-8-13)15(21)12-22-17(4,5)6;1-15(2,3)19-10-8-17(13-19)7-9-18(12-17)14(20)11-21-16(4,5)6;1-15(2,3)18-9-12-7-17(8-13(12)10-18)14(19)11-20-16(4,5)6;1-14(2,3)18-8-7-16(12-18)10-17(11-16)13(19)9-20-15(4,5)6;1-14(2,3)17-9-7-12(8-10-17)16-13(18)11-19-15(4,5)6;1-13(2,3)11-7-9-15(10-8-11)12(16)14(4,5)6/h2*13H,7-12H2,1-6H3,(H,18,20);7-13H2,1-6H3;12-13H,7-11H2,1-6H3;7-12H2,1-6H3;12H,7-11H2,1-6H3,(H,16,18);11H,7-10H2,1-6H3. The van der Waals surface area contributed by atoms with Gasteiger partial charge in [0, 0.05) is 187 Å². The van der Waals surface area contributed by atoms with Crippen LogP contribution in [-0.2, 0) is 71.6 Å². The monoisotopic (exact) mass is 1980 g/mol. The Balaban J connectivity index is 0.000000341. The van der Waals surface area contributed by atoms with Gasteiger partial charge in [-0.2, -0.15) is 0 Å². The highest BCUT2D eigenvalue weighted by atomic mass is 16.5. The second-order valence-corrected chi connectivity index (χ2v) is 56.9. The molecular formula is C112H213N13O15. The summed E-state index contributed by atoms with van der Waals surface area (Å²) in [6.07, 6.45) is 12.3. The number of hydrogen-bond donors (Lipinski definition) is 3. The van der Waals surface area contributed by atoms with Crippen LogP contribution >= 0.6 is 0 Å². The van der Waals surface area contributed by atoms with Gasteiger partial charge in [0.05, 0.1) is 33.6 Å². The molecular weight excluding hydrogens is 1770 g/mol. The molecule has 0 aliphatic carbocycles. The SMILES string of the molecule is CC(C)(C)C(=O)N1CCC(C(C)(C)C)CC1.CC(C)(C)CC(=O)N1CCC(NC(=O)COC(C)(C)C)CC1.CC(C)(C)CC(=O)NC1CCN(C(=O)COC(C)(C)C)CC1.CC(C)(C)OCC(=O)N1CC2(CCN(C(C)(C)C)C2)C1.CC(C)(C)OCC(=O)N1CC2CN(C(C)(C)C)CC2C1.CC(C)(C)OCC(=O)N1CCC2(CCN(C(C)(C)C)C2)C1.CC(C)(C)OCC(=O)NC1CCN(C(C)(C)C)CC1. The first kappa shape index (κ1) is 127. The van der Waals surface area contributed by atoms with Gasteiger partial charge in [0.2, 0.25) is 53.2 Å². The quantitative estimate of drug-likeness (QED) is 0.122. The molecule has 2 spiro atoms. The average Bonchev–Trinajstić information content (AvgIpc) is 1.64. The molecule has 28 nitrogen and oxygen atoms in total. The van der Waals surface area contributed by atoms with E-state index in [4.69, 9.17) is 28.4 Å². The van der Waals surface area contributed by atoms with Crippen molar-refractivity contribution in [2.24, 2.45) is 50.2 Å². The predicted molar refractivity (Wildman–Crippen MR) is 568 cm³/mol. The van der Waals surface area contributed by atoms with E-state index in [1.165, 1.54) is 12.8 Å². The zero-order valence-electron chi connectivity index (χ0n) is 97.6. The lowest BCUT2D eigenvalue weighted by atomic mass is 9.75. The van der Waals surface area contributed by atoms with E-state index in [1.807, 2.05) is 175 Å². The number of nitrogens with one attached hydrogen (secondary N) is 3. The number of ether oxygens (including phenoxy) is 6. The highest BCUT2D eigenvalue weighted by molar-refractivity contribution is 5.82. The fraction of sp³-hybridized carbons (Fsp3) is 0.920. The van der Waals surface area contributed by atoms with Crippen LogP contribution in [0, 0.1) is 50.2 Å². The molecule has 140 heavy (non-hydrogen) atoms. The van der Waals surface area contributed by atoms with Gasteiger partial charge in [-0.05, 0) is 325 Å². The van der Waals surface area contributed by atoms with Crippen LogP contribution in [0.2, 0.25) is 0 Å². The summed E-state index contributed by atoms with van der Waals surface area (Å²) in [5.74, 6) is 3.08. The molecule has 3 N–H and O–H groups in total. The van der Waals surface area contributed by atoms with Crippen LogP contribution in [-0.4, -0.2) is 347 Å². The van der Waals surface area contributed by atoms with Gasteiger partial charge in [-0.25, -0.2) is 0 Å². The zero-order chi connectivity index (χ0) is 107. The third kappa shape index (κ3) is 49.6. The van der Waals surface area contributed by atoms with Gasteiger partial charge in [-0.3, -0.25) is 62.8 Å². The van der Waals surface area contributed by atoms with E-state index in [-0.39, 0.29) is 171 Å². The first-order valence-electron chi connectivity index (χ1n) is 53.6. The molecule has 0 aromatic rings. The van der Waals surface area contributed by atoms with Crippen molar-refractivity contribution in [2.45, 2.75) is 448 Å². The van der Waals surface area contributed by atoms with Crippen LogP contribution in [0.5, 0.6) is 0 Å². The normalized spacial score (nSPS) is 21.9. The van der Waals surface area contributed by atoms with E-state index in [9.17, 15) is 43.2 Å². The van der Waals surface area contributed by atoms with Crippen LogP contribution in [0.1, 0.15) is 374 Å². The Morgan fingerprint density at radius 3 is 0.871 bits per heavy atom. The van der Waals surface area contributed by atoms with E-state index in [1.54, 1.807) is 0 Å². The molecule has 0 bridgehead atoms. The van der Waals surface area contributed by atoms with Gasteiger partial charge in [0.1, 0.15) is 39.6 Å². The summed E-state index contributed by atoms with van der Waals surface area (Å²) >= 11 is 0. The molecule has 0 aromatic carbocycles. The number of likely N-dealkylation sites (tertiary alicyclic amines) is 10. The van der Waals surface area contributed by atoms with E-state index in [0.29, 0.717) is 66.0 Å². The number of piperidine rings is 4. The summed E-state index contributed by atoms with van der Waals surface area (Å²) in [6, 6.07) is 0.631. The van der Waals surface area contributed by atoms with Crippen molar-refractivity contribution < 1.29 is 71.6 Å². The smallest absolute Gasteiger partial charge is 0.248 e. The van der Waals surface area contributed by atoms with E-state index < -0.39 is 0 Å². The maximum atomic E-state index is 12.3. The minimum absolute atomic E-state index is 0.00383. The minimum atomic E-state index is -0.305. The highest BCUT2D eigenvalue weighted by Crippen LogP contribution is 2.45. The van der Waals surface area contributed by atoms with Crippen molar-refractivity contribution in [1.29, 1.82) is 0 Å². The number of amides is 9. The lowest BCUT2D eigenvalue weighted by Gasteiger charge is -2.49. The summed E-state index contributed by atoms with van der Waals surface area (Å²) in [4.78, 5) is 130. The van der Waals surface area contributed by atoms with E-state index in [0.717, 1.165) is 182 Å². The Hall–Kier alpha value is -5.17. The highest BCUT2D eigenvalue weighted by Gasteiger charge is 2.52. The number of fused-ring (bicyclic) bond motifs is 1. The van der Waals surface area contributed by atoms with E-state index in [2.05, 4.69) is 181 Å². The molecule has 10 fully saturated rings. The van der Waals surface area contributed by atoms with Crippen molar-refractivity contribution in [2.75, 3.05) is 171 Å². The Labute approximate surface area is 854 Å². The molecule has 0 saturated carbocycles. The molecule has 10 saturated heterocycles. The molecule has 28 heteroatoms. The van der Waals surface area contributed by atoms with Gasteiger partial charge in [0.25, 0.3) is 0 Å². The van der Waals surface area contributed by atoms with E-state index >= 15 is 0 Å². The van der Waals surface area contributed by atoms with Gasteiger partial charge in [0.15, 0.2) is 0 Å². The first-order chi connectivity index (χ1) is 63.2. The summed E-state index contributed by atoms with van der Waals surface area (Å²) < 4.78 is 33.3. The van der Waals surface area contributed by atoms with Crippen LogP contribution in [0.15, 0.2) is 0 Å². The second kappa shape index (κ2) is 51.6. The number of hydrogen-bond acceptors (Lipinski definition) is 19. The maximum Gasteiger partial charge on any atom is 0.248 e. The summed E-state index contributed by atoms with van der Waals surface area (Å²) in [5.41, 5.74) is 0.213. The van der Waals surface area contributed by atoms with Gasteiger partial charge in [-0.1, -0.05) is 83.1 Å². The van der Waals surface area contributed by atoms with Crippen molar-refractivity contribution in [3.05, 3.63) is 0 Å². The number of rotatable bonds is 17. The Bertz CT molecular complexity index is 3800. The topological polar surface area (TPSA) is 278 Å². The molecule has 0 radical (unpaired) electrons. The second-order valence-electron chi connectivity index (χ2n) is 56.9. The molecule has 10 heterocycles. The maximum absolute atomic E-state index is 12.3. The van der Waals surface area contributed by atoms with Crippen LogP contribution < -0.4 is 16.0 Å². The van der Waals surface area contributed by atoms with Gasteiger partial charge in [-0.15, -0.1) is 0 Å². The number of carbonyl (C=O) groups is 9. The molecule has 816 valence electrons. The third-order valence-corrected chi connectivity index (χ3v) is 27.8.